The van der Waals surface area contributed by atoms with Crippen LogP contribution in [0, 0.1) is 6.92 Å². The average Bonchev–Trinajstić information content (AvgIpc) is 3.17. The molecule has 1 aromatic heterocycles. The number of nitrogens with one attached hydrogen (secondary N) is 1. The number of amides is 1. The zero-order valence-electron chi connectivity index (χ0n) is 16.1. The van der Waals surface area contributed by atoms with Gasteiger partial charge in [-0.3, -0.25) is 10.1 Å². The number of benzene rings is 2. The number of aryl methyl sites for hydroxylation is 1. The Morgan fingerprint density at radius 3 is 2.43 bits per heavy atom. The minimum absolute atomic E-state index is 0.131. The third-order valence-corrected chi connectivity index (χ3v) is 6.25. The van der Waals surface area contributed by atoms with E-state index in [1.807, 2.05) is 12.1 Å². The number of nitrogens with zero attached hydrogens (tertiary/aromatic N) is 2. The van der Waals surface area contributed by atoms with E-state index in [9.17, 15) is 4.79 Å². The van der Waals surface area contributed by atoms with Crippen LogP contribution in [0.1, 0.15) is 70.1 Å². The summed E-state index contributed by atoms with van der Waals surface area (Å²) in [6.45, 7) is 2.07. The molecule has 144 valence electrons. The Hall–Kier alpha value is -2.53. The highest BCUT2D eigenvalue weighted by molar-refractivity contribution is 7.15. The fourth-order valence-corrected chi connectivity index (χ4v) is 4.54. The number of rotatable bonds is 5. The molecule has 2 aromatic carbocycles. The summed E-state index contributed by atoms with van der Waals surface area (Å²) in [7, 11) is 0. The largest absolute Gasteiger partial charge is 0.296 e. The number of carbonyl (C=O) groups is 1. The molecule has 28 heavy (non-hydrogen) atoms. The molecule has 0 atom stereocenters. The summed E-state index contributed by atoms with van der Waals surface area (Å²) in [4.78, 5) is 12.5. The molecule has 0 saturated heterocycles. The van der Waals surface area contributed by atoms with E-state index in [4.69, 9.17) is 0 Å². The molecule has 1 aliphatic carbocycles. The van der Waals surface area contributed by atoms with Crippen molar-refractivity contribution in [3.8, 4) is 0 Å². The standard InChI is InChI=1S/C23H25N3OS/c1-16-7-9-17(10-8-16)15-21-25-26-23(28-21)24-22(27)20-13-11-19(12-14-20)18-5-3-2-4-6-18/h7-14,18H,2-6,15H2,1H3,(H,24,26,27). The molecule has 1 aliphatic rings. The van der Waals surface area contributed by atoms with Gasteiger partial charge in [0, 0.05) is 12.0 Å². The van der Waals surface area contributed by atoms with Crippen molar-refractivity contribution < 1.29 is 4.79 Å². The molecule has 0 radical (unpaired) electrons. The molecule has 0 spiro atoms. The van der Waals surface area contributed by atoms with Crippen LogP contribution in [0.5, 0.6) is 0 Å². The summed E-state index contributed by atoms with van der Waals surface area (Å²) in [6, 6.07) is 16.4. The lowest BCUT2D eigenvalue weighted by molar-refractivity contribution is 0.102. The summed E-state index contributed by atoms with van der Waals surface area (Å²) >= 11 is 1.43. The predicted octanol–water partition coefficient (Wildman–Crippen LogP) is 5.74. The van der Waals surface area contributed by atoms with Crippen molar-refractivity contribution >= 4 is 22.4 Å². The van der Waals surface area contributed by atoms with E-state index in [1.54, 1.807) is 0 Å². The molecule has 0 unspecified atom stereocenters. The van der Waals surface area contributed by atoms with Crippen LogP contribution in [-0.4, -0.2) is 16.1 Å². The molecule has 1 saturated carbocycles. The Morgan fingerprint density at radius 1 is 1.00 bits per heavy atom. The number of aromatic nitrogens is 2. The minimum Gasteiger partial charge on any atom is -0.296 e. The van der Waals surface area contributed by atoms with Crippen molar-refractivity contribution in [3.05, 3.63) is 75.8 Å². The van der Waals surface area contributed by atoms with E-state index < -0.39 is 0 Å². The van der Waals surface area contributed by atoms with E-state index in [1.165, 1.54) is 60.1 Å². The second-order valence-electron chi connectivity index (χ2n) is 7.57. The number of hydrogen-bond donors (Lipinski definition) is 1. The predicted molar refractivity (Wildman–Crippen MR) is 114 cm³/mol. The molecule has 0 aliphatic heterocycles. The monoisotopic (exact) mass is 391 g/mol. The van der Waals surface area contributed by atoms with E-state index in [0.717, 1.165) is 11.4 Å². The molecule has 1 fully saturated rings. The van der Waals surface area contributed by atoms with E-state index >= 15 is 0 Å². The van der Waals surface area contributed by atoms with Gasteiger partial charge in [-0.25, -0.2) is 0 Å². The van der Waals surface area contributed by atoms with Gasteiger partial charge >= 0.3 is 0 Å². The molecule has 1 heterocycles. The van der Waals surface area contributed by atoms with Crippen LogP contribution in [0.3, 0.4) is 0 Å². The molecular weight excluding hydrogens is 366 g/mol. The van der Waals surface area contributed by atoms with Crippen LogP contribution in [-0.2, 0) is 6.42 Å². The molecule has 0 bridgehead atoms. The second-order valence-corrected chi connectivity index (χ2v) is 8.64. The SMILES string of the molecule is Cc1ccc(Cc2nnc(NC(=O)c3ccc(C4CCCCC4)cc3)s2)cc1. The highest BCUT2D eigenvalue weighted by atomic mass is 32.1. The number of carbonyl (C=O) groups excluding carboxylic acids is 1. The maximum atomic E-state index is 12.5. The van der Waals surface area contributed by atoms with Crippen molar-refractivity contribution in [2.75, 3.05) is 5.32 Å². The lowest BCUT2D eigenvalue weighted by atomic mass is 9.84. The van der Waals surface area contributed by atoms with Gasteiger partial charge in [0.15, 0.2) is 0 Å². The van der Waals surface area contributed by atoms with E-state index in [2.05, 4.69) is 58.8 Å². The van der Waals surface area contributed by atoms with Crippen molar-refractivity contribution in [3.63, 3.8) is 0 Å². The van der Waals surface area contributed by atoms with Crippen molar-refractivity contribution in [2.24, 2.45) is 0 Å². The molecule has 1 amide bonds. The van der Waals surface area contributed by atoms with Crippen LogP contribution in [0.2, 0.25) is 0 Å². The van der Waals surface area contributed by atoms with Gasteiger partial charge in [0.05, 0.1) is 0 Å². The Morgan fingerprint density at radius 2 is 1.71 bits per heavy atom. The van der Waals surface area contributed by atoms with Crippen LogP contribution in [0.4, 0.5) is 5.13 Å². The normalized spacial score (nSPS) is 14.8. The Labute approximate surface area is 170 Å². The van der Waals surface area contributed by atoms with Crippen LogP contribution >= 0.6 is 11.3 Å². The smallest absolute Gasteiger partial charge is 0.257 e. The second kappa shape index (κ2) is 8.65. The zero-order chi connectivity index (χ0) is 19.3. The fraction of sp³-hybridized carbons (Fsp3) is 0.348. The Balaban J connectivity index is 1.37. The maximum Gasteiger partial charge on any atom is 0.257 e. The summed E-state index contributed by atoms with van der Waals surface area (Å²) in [6.07, 6.45) is 7.23. The van der Waals surface area contributed by atoms with Crippen LogP contribution in [0.25, 0.3) is 0 Å². The van der Waals surface area contributed by atoms with Crippen LogP contribution < -0.4 is 5.32 Å². The maximum absolute atomic E-state index is 12.5. The number of anilines is 1. The van der Waals surface area contributed by atoms with Gasteiger partial charge in [0.25, 0.3) is 5.91 Å². The minimum atomic E-state index is -0.131. The molecule has 4 rings (SSSR count). The lowest BCUT2D eigenvalue weighted by Gasteiger charge is -2.22. The number of hydrogen-bond acceptors (Lipinski definition) is 4. The molecule has 4 nitrogen and oxygen atoms in total. The first-order valence-electron chi connectivity index (χ1n) is 9.96. The Bertz CT molecular complexity index is 925. The quantitative estimate of drug-likeness (QED) is 0.603. The van der Waals surface area contributed by atoms with Gasteiger partial charge in [-0.05, 0) is 48.9 Å². The third kappa shape index (κ3) is 4.65. The highest BCUT2D eigenvalue weighted by Crippen LogP contribution is 2.32. The average molecular weight is 392 g/mol. The first-order chi connectivity index (χ1) is 13.7. The van der Waals surface area contributed by atoms with E-state index in [-0.39, 0.29) is 5.91 Å². The van der Waals surface area contributed by atoms with Gasteiger partial charge < -0.3 is 0 Å². The third-order valence-electron chi connectivity index (χ3n) is 5.41. The van der Waals surface area contributed by atoms with Gasteiger partial charge in [-0.2, -0.15) is 0 Å². The highest BCUT2D eigenvalue weighted by Gasteiger charge is 2.16. The fourth-order valence-electron chi connectivity index (χ4n) is 3.77. The molecule has 3 aromatic rings. The zero-order valence-corrected chi connectivity index (χ0v) is 17.0. The summed E-state index contributed by atoms with van der Waals surface area (Å²) in [5.74, 6) is 0.520. The topological polar surface area (TPSA) is 54.9 Å². The van der Waals surface area contributed by atoms with E-state index in [0.29, 0.717) is 16.6 Å². The Kier molecular flexibility index (Phi) is 5.81. The lowest BCUT2D eigenvalue weighted by Crippen LogP contribution is -2.12. The molecule has 5 heteroatoms. The van der Waals surface area contributed by atoms with Crippen molar-refractivity contribution in [2.45, 2.75) is 51.4 Å². The summed E-state index contributed by atoms with van der Waals surface area (Å²) < 4.78 is 0. The first kappa shape index (κ1) is 18.8. The summed E-state index contributed by atoms with van der Waals surface area (Å²) in [5, 5.41) is 12.7. The van der Waals surface area contributed by atoms with Crippen molar-refractivity contribution in [1.82, 2.24) is 10.2 Å². The van der Waals surface area contributed by atoms with Gasteiger partial charge in [-0.15, -0.1) is 10.2 Å². The first-order valence-corrected chi connectivity index (χ1v) is 10.8. The van der Waals surface area contributed by atoms with Gasteiger partial charge in [0.2, 0.25) is 5.13 Å². The van der Waals surface area contributed by atoms with Gasteiger partial charge in [0.1, 0.15) is 5.01 Å². The molecule has 1 N–H and O–H groups in total. The summed E-state index contributed by atoms with van der Waals surface area (Å²) in [5.41, 5.74) is 4.45. The van der Waals surface area contributed by atoms with Gasteiger partial charge in [-0.1, -0.05) is 72.6 Å². The van der Waals surface area contributed by atoms with Crippen molar-refractivity contribution in [1.29, 1.82) is 0 Å². The van der Waals surface area contributed by atoms with Crippen LogP contribution in [0.15, 0.2) is 48.5 Å². The molecular formula is C23H25N3OS.